The van der Waals surface area contributed by atoms with Crippen molar-refractivity contribution in [3.05, 3.63) is 7.11 Å². The molecule has 0 heterocycles. The zero-order chi connectivity index (χ0) is 8.10. The van der Waals surface area contributed by atoms with Gasteiger partial charge < -0.3 is 9.47 Å². The SMILES string of the molecule is [CH2]OC(=O)OC1CCCCC1. The Morgan fingerprint density at radius 3 is 2.45 bits per heavy atom. The maximum atomic E-state index is 10.6. The average molecular weight is 157 g/mol. The monoisotopic (exact) mass is 157 g/mol. The van der Waals surface area contributed by atoms with Crippen LogP contribution in [0.4, 0.5) is 4.79 Å². The second-order valence-electron chi connectivity index (χ2n) is 2.77. The summed E-state index contributed by atoms with van der Waals surface area (Å²) in [6.45, 7) is 0. The molecule has 3 heteroatoms. The fraction of sp³-hybridized carbons (Fsp3) is 0.750. The molecule has 1 fully saturated rings. The molecular weight excluding hydrogens is 144 g/mol. The van der Waals surface area contributed by atoms with Crippen LogP contribution < -0.4 is 0 Å². The van der Waals surface area contributed by atoms with Gasteiger partial charge in [0, 0.05) is 0 Å². The molecule has 0 aromatic rings. The van der Waals surface area contributed by atoms with E-state index >= 15 is 0 Å². The topological polar surface area (TPSA) is 35.5 Å². The Hall–Kier alpha value is -0.730. The molecule has 0 bridgehead atoms. The van der Waals surface area contributed by atoms with Gasteiger partial charge in [0.2, 0.25) is 0 Å². The quantitative estimate of drug-likeness (QED) is 0.548. The molecule has 1 rings (SSSR count). The van der Waals surface area contributed by atoms with Crippen molar-refractivity contribution in [1.29, 1.82) is 0 Å². The summed E-state index contributed by atoms with van der Waals surface area (Å²) in [5, 5.41) is 0. The minimum Gasteiger partial charge on any atom is -0.431 e. The fourth-order valence-electron chi connectivity index (χ4n) is 1.35. The van der Waals surface area contributed by atoms with Gasteiger partial charge in [-0.05, 0) is 25.7 Å². The lowest BCUT2D eigenvalue weighted by molar-refractivity contribution is 0.0302. The van der Waals surface area contributed by atoms with Gasteiger partial charge in [0.15, 0.2) is 0 Å². The summed E-state index contributed by atoms with van der Waals surface area (Å²) in [5.41, 5.74) is 0. The first kappa shape index (κ1) is 8.37. The van der Waals surface area contributed by atoms with Crippen molar-refractivity contribution in [2.24, 2.45) is 0 Å². The van der Waals surface area contributed by atoms with Crippen LogP contribution in [0.3, 0.4) is 0 Å². The van der Waals surface area contributed by atoms with E-state index in [0.29, 0.717) is 0 Å². The minimum absolute atomic E-state index is 0.0676. The predicted octanol–water partition coefficient (Wildman–Crippen LogP) is 2.26. The Morgan fingerprint density at radius 2 is 1.91 bits per heavy atom. The summed E-state index contributed by atoms with van der Waals surface area (Å²) in [6, 6.07) is 0. The number of hydrogen-bond acceptors (Lipinski definition) is 3. The molecule has 0 N–H and O–H groups in total. The molecule has 1 saturated carbocycles. The Morgan fingerprint density at radius 1 is 1.27 bits per heavy atom. The van der Waals surface area contributed by atoms with Crippen molar-refractivity contribution >= 4 is 6.16 Å². The molecule has 3 nitrogen and oxygen atoms in total. The van der Waals surface area contributed by atoms with Crippen molar-refractivity contribution in [1.82, 2.24) is 0 Å². The molecule has 11 heavy (non-hydrogen) atoms. The first-order valence-electron chi connectivity index (χ1n) is 3.95. The Balaban J connectivity index is 2.19. The smallest absolute Gasteiger partial charge is 0.431 e. The van der Waals surface area contributed by atoms with Crippen molar-refractivity contribution in [2.75, 3.05) is 0 Å². The Labute approximate surface area is 66.7 Å². The Kier molecular flexibility index (Phi) is 3.20. The van der Waals surface area contributed by atoms with Gasteiger partial charge in [-0.1, -0.05) is 6.42 Å². The molecule has 0 unspecified atom stereocenters. The summed E-state index contributed by atoms with van der Waals surface area (Å²) in [7, 11) is 2.98. The van der Waals surface area contributed by atoms with E-state index in [-0.39, 0.29) is 6.10 Å². The normalized spacial score (nSPS) is 19.4. The lowest BCUT2D eigenvalue weighted by Crippen LogP contribution is -2.20. The molecule has 0 amide bonds. The van der Waals surface area contributed by atoms with Gasteiger partial charge in [0.1, 0.15) is 13.2 Å². The summed E-state index contributed by atoms with van der Waals surface area (Å²) < 4.78 is 9.06. The van der Waals surface area contributed by atoms with E-state index in [0.717, 1.165) is 25.7 Å². The zero-order valence-corrected chi connectivity index (χ0v) is 6.54. The third-order valence-electron chi connectivity index (χ3n) is 1.93. The lowest BCUT2D eigenvalue weighted by Gasteiger charge is -2.20. The third-order valence-corrected chi connectivity index (χ3v) is 1.93. The molecule has 0 spiro atoms. The van der Waals surface area contributed by atoms with Crippen LogP contribution in [0, 0.1) is 7.11 Å². The first-order chi connectivity index (χ1) is 5.33. The van der Waals surface area contributed by atoms with Gasteiger partial charge in [0.25, 0.3) is 0 Å². The van der Waals surface area contributed by atoms with Gasteiger partial charge in [-0.15, -0.1) is 0 Å². The second-order valence-corrected chi connectivity index (χ2v) is 2.77. The summed E-state index contributed by atoms with van der Waals surface area (Å²) in [6.07, 6.45) is 4.89. The molecule has 1 aliphatic carbocycles. The van der Waals surface area contributed by atoms with Gasteiger partial charge in [-0.3, -0.25) is 0 Å². The average Bonchev–Trinajstić information content (AvgIpc) is 2.06. The maximum Gasteiger partial charge on any atom is 0.508 e. The molecule has 0 atom stereocenters. The van der Waals surface area contributed by atoms with Crippen LogP contribution >= 0.6 is 0 Å². The maximum absolute atomic E-state index is 10.6. The standard InChI is InChI=1S/C8H13O3/c1-10-8(9)11-7-5-3-2-4-6-7/h7H,1-6H2. The van der Waals surface area contributed by atoms with Crippen LogP contribution in [0.1, 0.15) is 32.1 Å². The van der Waals surface area contributed by atoms with Gasteiger partial charge in [-0.25, -0.2) is 4.79 Å². The van der Waals surface area contributed by atoms with Crippen LogP contribution in [0.15, 0.2) is 0 Å². The molecule has 0 aliphatic heterocycles. The van der Waals surface area contributed by atoms with E-state index in [2.05, 4.69) is 11.8 Å². The largest absolute Gasteiger partial charge is 0.508 e. The van der Waals surface area contributed by atoms with Crippen LogP contribution in [-0.2, 0) is 9.47 Å². The van der Waals surface area contributed by atoms with Crippen molar-refractivity contribution < 1.29 is 14.3 Å². The summed E-state index contributed by atoms with van der Waals surface area (Å²) >= 11 is 0. The van der Waals surface area contributed by atoms with Crippen molar-refractivity contribution in [3.63, 3.8) is 0 Å². The molecule has 0 aromatic carbocycles. The van der Waals surface area contributed by atoms with E-state index in [1.807, 2.05) is 0 Å². The van der Waals surface area contributed by atoms with Gasteiger partial charge in [0.05, 0.1) is 0 Å². The zero-order valence-electron chi connectivity index (χ0n) is 6.54. The molecular formula is C8H13O3. The van der Waals surface area contributed by atoms with Crippen LogP contribution in [0.25, 0.3) is 0 Å². The van der Waals surface area contributed by atoms with E-state index < -0.39 is 6.16 Å². The molecule has 0 aromatic heterocycles. The number of carbonyl (C=O) groups is 1. The molecule has 0 saturated heterocycles. The fourth-order valence-corrected chi connectivity index (χ4v) is 1.35. The first-order valence-corrected chi connectivity index (χ1v) is 3.95. The summed E-state index contributed by atoms with van der Waals surface area (Å²) in [4.78, 5) is 10.6. The van der Waals surface area contributed by atoms with Crippen LogP contribution in [-0.4, -0.2) is 12.3 Å². The van der Waals surface area contributed by atoms with Crippen molar-refractivity contribution in [2.45, 2.75) is 38.2 Å². The number of ether oxygens (including phenoxy) is 2. The highest BCUT2D eigenvalue weighted by atomic mass is 16.7. The van der Waals surface area contributed by atoms with E-state index in [9.17, 15) is 4.79 Å². The van der Waals surface area contributed by atoms with Gasteiger partial charge in [-0.2, -0.15) is 0 Å². The van der Waals surface area contributed by atoms with Crippen LogP contribution in [0.2, 0.25) is 0 Å². The highest BCUT2D eigenvalue weighted by Gasteiger charge is 2.17. The number of carbonyl (C=O) groups excluding carboxylic acids is 1. The second kappa shape index (κ2) is 4.21. The number of hydrogen-bond donors (Lipinski definition) is 0. The highest BCUT2D eigenvalue weighted by Crippen LogP contribution is 2.20. The van der Waals surface area contributed by atoms with Gasteiger partial charge >= 0.3 is 6.16 Å². The number of rotatable bonds is 1. The van der Waals surface area contributed by atoms with E-state index in [1.165, 1.54) is 6.42 Å². The summed E-state index contributed by atoms with van der Waals surface area (Å²) in [5.74, 6) is 0. The lowest BCUT2D eigenvalue weighted by atomic mass is 9.98. The minimum atomic E-state index is -0.656. The highest BCUT2D eigenvalue weighted by molar-refractivity contribution is 5.60. The van der Waals surface area contributed by atoms with E-state index in [1.54, 1.807) is 0 Å². The third kappa shape index (κ3) is 2.78. The predicted molar refractivity (Wildman–Crippen MR) is 39.8 cm³/mol. The molecule has 1 aliphatic rings. The van der Waals surface area contributed by atoms with E-state index in [4.69, 9.17) is 4.74 Å². The molecule has 63 valence electrons. The molecule has 1 radical (unpaired) electrons. The van der Waals surface area contributed by atoms with Crippen LogP contribution in [0.5, 0.6) is 0 Å². The van der Waals surface area contributed by atoms with Crippen molar-refractivity contribution in [3.8, 4) is 0 Å². The Bertz CT molecular complexity index is 127.